The molecule has 0 aliphatic carbocycles. The van der Waals surface area contributed by atoms with Crippen molar-refractivity contribution in [3.8, 4) is 0 Å². The Morgan fingerprint density at radius 1 is 1.38 bits per heavy atom. The number of urea groups is 1. The first kappa shape index (κ1) is 15.7. The van der Waals surface area contributed by atoms with Gasteiger partial charge in [0.15, 0.2) is 0 Å². The lowest BCUT2D eigenvalue weighted by Crippen LogP contribution is -2.31. The van der Waals surface area contributed by atoms with E-state index in [4.69, 9.17) is 11.6 Å². The van der Waals surface area contributed by atoms with Gasteiger partial charge >= 0.3 is 6.03 Å². The third-order valence-corrected chi connectivity index (χ3v) is 3.72. The quantitative estimate of drug-likeness (QED) is 0.941. The van der Waals surface area contributed by atoms with E-state index in [-0.39, 0.29) is 18.4 Å². The van der Waals surface area contributed by atoms with E-state index in [0.29, 0.717) is 24.7 Å². The van der Waals surface area contributed by atoms with Crippen molar-refractivity contribution < 1.29 is 4.79 Å². The minimum Gasteiger partial charge on any atom is -0.348 e. The molecule has 5 nitrogen and oxygen atoms in total. The fourth-order valence-electron chi connectivity index (χ4n) is 2.34. The van der Waals surface area contributed by atoms with Gasteiger partial charge in [0.25, 0.3) is 0 Å². The van der Waals surface area contributed by atoms with Crippen LogP contribution in [0, 0.1) is 6.92 Å². The zero-order chi connectivity index (χ0) is 14.1. The Labute approximate surface area is 134 Å². The molecule has 1 fully saturated rings. The highest BCUT2D eigenvalue weighted by molar-refractivity contribution is 6.30. The number of rotatable bonds is 3. The number of carbonyl (C=O) groups excluding carboxylic acids is 1. The summed E-state index contributed by atoms with van der Waals surface area (Å²) in [5, 5.41) is 0.636. The van der Waals surface area contributed by atoms with Crippen LogP contribution in [-0.2, 0) is 6.54 Å². The van der Waals surface area contributed by atoms with Gasteiger partial charge in [-0.1, -0.05) is 17.7 Å². The summed E-state index contributed by atoms with van der Waals surface area (Å²) in [4.78, 5) is 23.2. The number of H-pyrrole nitrogens is 1. The molecule has 1 aromatic heterocycles. The van der Waals surface area contributed by atoms with Crippen LogP contribution in [0.4, 0.5) is 10.5 Å². The maximum atomic E-state index is 12.4. The molecule has 7 heteroatoms. The van der Waals surface area contributed by atoms with Gasteiger partial charge in [-0.3, -0.25) is 4.90 Å². The lowest BCUT2D eigenvalue weighted by Gasteiger charge is -2.18. The molecule has 2 heterocycles. The molecule has 2 amide bonds. The monoisotopic (exact) mass is 326 g/mol. The van der Waals surface area contributed by atoms with Crippen molar-refractivity contribution >= 4 is 35.7 Å². The molecular formula is C14H16Cl2N4O. The van der Waals surface area contributed by atoms with Crippen LogP contribution in [0.15, 0.2) is 30.6 Å². The first-order chi connectivity index (χ1) is 9.65. The van der Waals surface area contributed by atoms with Gasteiger partial charge in [0.05, 0.1) is 18.6 Å². The van der Waals surface area contributed by atoms with Crippen LogP contribution < -0.4 is 4.90 Å². The summed E-state index contributed by atoms with van der Waals surface area (Å²) in [6, 6.07) is 7.35. The summed E-state index contributed by atoms with van der Waals surface area (Å²) in [5.41, 5.74) is 2.74. The molecule has 0 spiro atoms. The summed E-state index contributed by atoms with van der Waals surface area (Å²) in [5.74, 6) is 0. The van der Waals surface area contributed by atoms with Crippen molar-refractivity contribution in [1.29, 1.82) is 0 Å². The summed E-state index contributed by atoms with van der Waals surface area (Å²) in [6.45, 7) is 3.85. The highest BCUT2D eigenvalue weighted by Gasteiger charge is 2.30. The van der Waals surface area contributed by atoms with Crippen molar-refractivity contribution in [2.75, 3.05) is 18.0 Å². The van der Waals surface area contributed by atoms with Crippen LogP contribution in [0.1, 0.15) is 11.4 Å². The zero-order valence-corrected chi connectivity index (χ0v) is 13.1. The predicted molar refractivity (Wildman–Crippen MR) is 85.2 cm³/mol. The Morgan fingerprint density at radius 2 is 2.19 bits per heavy atom. The average molecular weight is 327 g/mol. The number of benzene rings is 1. The van der Waals surface area contributed by atoms with E-state index >= 15 is 0 Å². The minimum atomic E-state index is -0.00494. The third-order valence-electron chi connectivity index (χ3n) is 3.49. The van der Waals surface area contributed by atoms with Crippen LogP contribution >= 0.6 is 24.0 Å². The minimum absolute atomic E-state index is 0. The predicted octanol–water partition coefficient (Wildman–Crippen LogP) is 3.24. The largest absolute Gasteiger partial charge is 0.348 e. The first-order valence-corrected chi connectivity index (χ1v) is 6.84. The number of halogens is 2. The standard InChI is InChI=1S/C14H15ClN4O.ClH/c1-10-13(17-9-16-10)8-18-5-6-19(14(18)20)12-4-2-3-11(15)7-12;/h2-4,7,9H,5-6,8H2,1H3,(H,16,17);1H. The molecule has 1 saturated heterocycles. The molecule has 2 aromatic rings. The Bertz CT molecular complexity index is 643. The maximum absolute atomic E-state index is 12.4. The fraction of sp³-hybridized carbons (Fsp3) is 0.286. The molecule has 3 rings (SSSR count). The Balaban J connectivity index is 0.00000161. The third kappa shape index (κ3) is 3.14. The summed E-state index contributed by atoms with van der Waals surface area (Å²) >= 11 is 5.98. The van der Waals surface area contributed by atoms with Crippen LogP contribution in [0.3, 0.4) is 0 Å². The first-order valence-electron chi connectivity index (χ1n) is 6.46. The number of hydrogen-bond acceptors (Lipinski definition) is 2. The topological polar surface area (TPSA) is 52.2 Å². The van der Waals surface area contributed by atoms with Crippen LogP contribution in [0.25, 0.3) is 0 Å². The number of aryl methyl sites for hydroxylation is 1. The smallest absolute Gasteiger partial charge is 0.324 e. The summed E-state index contributed by atoms with van der Waals surface area (Å²) < 4.78 is 0. The molecule has 0 saturated carbocycles. The maximum Gasteiger partial charge on any atom is 0.324 e. The van der Waals surface area contributed by atoms with E-state index < -0.39 is 0 Å². The Hall–Kier alpha value is -1.72. The van der Waals surface area contributed by atoms with Gasteiger partial charge in [-0.25, -0.2) is 9.78 Å². The molecule has 0 atom stereocenters. The summed E-state index contributed by atoms with van der Waals surface area (Å²) in [6.07, 6.45) is 1.65. The number of hydrogen-bond donors (Lipinski definition) is 1. The molecule has 0 unspecified atom stereocenters. The van der Waals surface area contributed by atoms with Crippen LogP contribution in [-0.4, -0.2) is 34.0 Å². The van der Waals surface area contributed by atoms with Gasteiger partial charge in [-0.15, -0.1) is 12.4 Å². The summed E-state index contributed by atoms with van der Waals surface area (Å²) in [7, 11) is 0. The second-order valence-corrected chi connectivity index (χ2v) is 5.25. The Morgan fingerprint density at radius 3 is 2.86 bits per heavy atom. The second-order valence-electron chi connectivity index (χ2n) is 4.81. The van der Waals surface area contributed by atoms with Gasteiger partial charge in [0.2, 0.25) is 0 Å². The molecule has 1 N–H and O–H groups in total. The Kier molecular flexibility index (Phi) is 4.75. The van der Waals surface area contributed by atoms with Gasteiger partial charge < -0.3 is 9.88 Å². The van der Waals surface area contributed by atoms with Crippen molar-refractivity contribution in [2.45, 2.75) is 13.5 Å². The highest BCUT2D eigenvalue weighted by atomic mass is 35.5. The van der Waals surface area contributed by atoms with Crippen molar-refractivity contribution in [3.05, 3.63) is 47.0 Å². The number of amides is 2. The number of nitrogens with zero attached hydrogens (tertiary/aromatic N) is 3. The van der Waals surface area contributed by atoms with Gasteiger partial charge in [-0.2, -0.15) is 0 Å². The van der Waals surface area contributed by atoms with E-state index in [9.17, 15) is 4.79 Å². The van der Waals surface area contributed by atoms with Gasteiger partial charge in [0, 0.05) is 29.5 Å². The number of imidazole rings is 1. The average Bonchev–Trinajstić information content (AvgIpc) is 2.98. The highest BCUT2D eigenvalue weighted by Crippen LogP contribution is 2.24. The van der Waals surface area contributed by atoms with E-state index in [0.717, 1.165) is 17.1 Å². The van der Waals surface area contributed by atoms with E-state index in [1.54, 1.807) is 22.2 Å². The van der Waals surface area contributed by atoms with Gasteiger partial charge in [0.1, 0.15) is 0 Å². The van der Waals surface area contributed by atoms with Crippen molar-refractivity contribution in [3.63, 3.8) is 0 Å². The van der Waals surface area contributed by atoms with Gasteiger partial charge in [-0.05, 0) is 25.1 Å². The molecule has 1 aliphatic heterocycles. The zero-order valence-electron chi connectivity index (χ0n) is 11.5. The van der Waals surface area contributed by atoms with Crippen molar-refractivity contribution in [1.82, 2.24) is 14.9 Å². The fourth-order valence-corrected chi connectivity index (χ4v) is 2.52. The molecular weight excluding hydrogens is 311 g/mol. The second kappa shape index (κ2) is 6.37. The number of carbonyl (C=O) groups is 1. The molecule has 0 bridgehead atoms. The van der Waals surface area contributed by atoms with Crippen LogP contribution in [0.5, 0.6) is 0 Å². The lowest BCUT2D eigenvalue weighted by atomic mass is 10.3. The molecule has 21 heavy (non-hydrogen) atoms. The number of aromatic amines is 1. The van der Waals surface area contributed by atoms with Crippen LogP contribution in [0.2, 0.25) is 5.02 Å². The molecule has 112 valence electrons. The molecule has 0 radical (unpaired) electrons. The van der Waals surface area contributed by atoms with E-state index in [2.05, 4.69) is 9.97 Å². The van der Waals surface area contributed by atoms with E-state index in [1.807, 2.05) is 25.1 Å². The number of anilines is 1. The number of aromatic nitrogens is 2. The molecule has 1 aromatic carbocycles. The lowest BCUT2D eigenvalue weighted by molar-refractivity contribution is 0.218. The SMILES string of the molecule is Cc1[nH]cnc1CN1CCN(c2cccc(Cl)c2)C1=O.Cl. The number of nitrogens with one attached hydrogen (secondary N) is 1. The molecule has 1 aliphatic rings. The normalized spacial score (nSPS) is 14.5. The van der Waals surface area contributed by atoms with E-state index in [1.165, 1.54) is 0 Å². The van der Waals surface area contributed by atoms with Crippen molar-refractivity contribution in [2.24, 2.45) is 0 Å².